The first-order valence-corrected chi connectivity index (χ1v) is 7.64. The summed E-state index contributed by atoms with van der Waals surface area (Å²) >= 11 is 1.37. The van der Waals surface area contributed by atoms with E-state index in [1.165, 1.54) is 17.3 Å². The van der Waals surface area contributed by atoms with E-state index in [0.29, 0.717) is 5.75 Å². The van der Waals surface area contributed by atoms with E-state index >= 15 is 0 Å². The first kappa shape index (κ1) is 15.8. The van der Waals surface area contributed by atoms with E-state index in [4.69, 9.17) is 9.84 Å². The maximum Gasteiger partial charge on any atom is 0.132 e. The van der Waals surface area contributed by atoms with Gasteiger partial charge in [-0.3, -0.25) is 0 Å². The van der Waals surface area contributed by atoms with Crippen molar-refractivity contribution in [3.05, 3.63) is 35.9 Å². The molecule has 1 aromatic rings. The van der Waals surface area contributed by atoms with Crippen LogP contribution in [0.5, 0.6) is 0 Å². The number of aryl methyl sites for hydroxylation is 1. The zero-order valence-corrected chi connectivity index (χ0v) is 11.8. The molecule has 0 saturated carbocycles. The van der Waals surface area contributed by atoms with Crippen LogP contribution < -0.4 is 0 Å². The Bertz CT molecular complexity index is 400. The second-order valence-electron chi connectivity index (χ2n) is 4.80. The lowest BCUT2D eigenvalue weighted by Gasteiger charge is -2.39. The van der Waals surface area contributed by atoms with Crippen molar-refractivity contribution in [2.45, 2.75) is 36.3 Å². The topological polar surface area (TPSA) is 90.2 Å². The minimum Gasteiger partial charge on any atom is -0.394 e. The Morgan fingerprint density at radius 1 is 1.00 bits per heavy atom. The fourth-order valence-corrected chi connectivity index (χ4v) is 3.31. The molecule has 0 aromatic heterocycles. The van der Waals surface area contributed by atoms with Crippen LogP contribution in [-0.4, -0.2) is 62.6 Å². The normalized spacial score (nSPS) is 34.1. The molecule has 4 N–H and O–H groups in total. The summed E-state index contributed by atoms with van der Waals surface area (Å²) in [5, 5.41) is 38.3. The lowest BCUT2D eigenvalue weighted by molar-refractivity contribution is -0.205. The molecule has 20 heavy (non-hydrogen) atoms. The molecule has 5 atom stereocenters. The molecule has 0 radical (unpaired) electrons. The SMILES string of the molecule is OC[C@H]1OC(SCCc2ccccc2)[C@H](O)[C@@H](O)[C@H]1O. The van der Waals surface area contributed by atoms with Gasteiger partial charge < -0.3 is 25.2 Å². The molecule has 0 aliphatic carbocycles. The van der Waals surface area contributed by atoms with Gasteiger partial charge in [0.2, 0.25) is 0 Å². The number of hydrogen-bond acceptors (Lipinski definition) is 6. The van der Waals surface area contributed by atoms with Gasteiger partial charge in [0.25, 0.3) is 0 Å². The highest BCUT2D eigenvalue weighted by Gasteiger charge is 2.43. The van der Waals surface area contributed by atoms with Crippen LogP contribution >= 0.6 is 11.8 Å². The van der Waals surface area contributed by atoms with Crippen molar-refractivity contribution in [3.8, 4) is 0 Å². The molecular weight excluding hydrogens is 280 g/mol. The number of rotatable bonds is 5. The Balaban J connectivity index is 1.85. The summed E-state index contributed by atoms with van der Waals surface area (Å²) in [4.78, 5) is 0. The van der Waals surface area contributed by atoms with Gasteiger partial charge in [0, 0.05) is 0 Å². The molecule has 2 rings (SSSR count). The third-order valence-corrected chi connectivity index (χ3v) is 4.52. The van der Waals surface area contributed by atoms with Gasteiger partial charge in [0.05, 0.1) is 6.61 Å². The molecule has 1 aliphatic rings. The van der Waals surface area contributed by atoms with E-state index < -0.39 is 29.9 Å². The minimum atomic E-state index is -1.30. The van der Waals surface area contributed by atoms with Crippen molar-refractivity contribution in [1.29, 1.82) is 0 Å². The molecule has 1 heterocycles. The van der Waals surface area contributed by atoms with Crippen LogP contribution in [0.2, 0.25) is 0 Å². The van der Waals surface area contributed by atoms with E-state index in [1.54, 1.807) is 0 Å². The first-order chi connectivity index (χ1) is 9.63. The number of thioether (sulfide) groups is 1. The van der Waals surface area contributed by atoms with Crippen LogP contribution in [0.4, 0.5) is 0 Å². The second-order valence-corrected chi connectivity index (χ2v) is 6.01. The average molecular weight is 300 g/mol. The van der Waals surface area contributed by atoms with Gasteiger partial charge in [0.1, 0.15) is 29.9 Å². The van der Waals surface area contributed by atoms with Crippen molar-refractivity contribution in [2.75, 3.05) is 12.4 Å². The van der Waals surface area contributed by atoms with Crippen LogP contribution in [0.3, 0.4) is 0 Å². The van der Waals surface area contributed by atoms with Crippen LogP contribution in [-0.2, 0) is 11.2 Å². The third kappa shape index (κ3) is 3.72. The molecular formula is C14H20O5S. The monoisotopic (exact) mass is 300 g/mol. The van der Waals surface area contributed by atoms with Crippen molar-refractivity contribution in [3.63, 3.8) is 0 Å². The molecule has 112 valence electrons. The van der Waals surface area contributed by atoms with E-state index in [9.17, 15) is 15.3 Å². The molecule has 0 bridgehead atoms. The van der Waals surface area contributed by atoms with Crippen LogP contribution in [0.25, 0.3) is 0 Å². The summed E-state index contributed by atoms with van der Waals surface area (Å²) in [5.74, 6) is 0.715. The van der Waals surface area contributed by atoms with Crippen molar-refractivity contribution < 1.29 is 25.2 Å². The predicted octanol–water partition coefficient (Wildman–Crippen LogP) is -0.238. The highest BCUT2D eigenvalue weighted by molar-refractivity contribution is 7.99. The number of ether oxygens (including phenoxy) is 1. The summed E-state index contributed by atoms with van der Waals surface area (Å²) in [6.45, 7) is -0.388. The predicted molar refractivity (Wildman–Crippen MR) is 76.4 cm³/mol. The maximum absolute atomic E-state index is 9.88. The zero-order chi connectivity index (χ0) is 14.5. The Morgan fingerprint density at radius 2 is 1.70 bits per heavy atom. The van der Waals surface area contributed by atoms with Crippen molar-refractivity contribution >= 4 is 11.8 Å². The standard InChI is InChI=1S/C14H20O5S/c15-8-10-11(16)12(17)13(18)14(19-10)20-7-6-9-4-2-1-3-5-9/h1-5,10-18H,6-8H2/t10-,11+,12+,13-,14?/m1/s1. The van der Waals surface area contributed by atoms with Crippen LogP contribution in [0.15, 0.2) is 30.3 Å². The molecule has 5 nitrogen and oxygen atoms in total. The van der Waals surface area contributed by atoms with Gasteiger partial charge in [-0.15, -0.1) is 11.8 Å². The van der Waals surface area contributed by atoms with Crippen LogP contribution in [0, 0.1) is 0 Å². The number of aliphatic hydroxyl groups excluding tert-OH is 4. The first-order valence-electron chi connectivity index (χ1n) is 6.59. The largest absolute Gasteiger partial charge is 0.394 e. The van der Waals surface area contributed by atoms with E-state index in [2.05, 4.69) is 0 Å². The second kappa shape index (κ2) is 7.40. The molecule has 1 aromatic carbocycles. The quantitative estimate of drug-likeness (QED) is 0.600. The molecule has 1 aliphatic heterocycles. The van der Waals surface area contributed by atoms with Crippen molar-refractivity contribution in [2.24, 2.45) is 0 Å². The van der Waals surface area contributed by atoms with Crippen molar-refractivity contribution in [1.82, 2.24) is 0 Å². The number of benzene rings is 1. The number of aliphatic hydroxyl groups is 4. The van der Waals surface area contributed by atoms with Gasteiger partial charge in [0.15, 0.2) is 0 Å². The Labute approximate surface area is 122 Å². The highest BCUT2D eigenvalue weighted by atomic mass is 32.2. The smallest absolute Gasteiger partial charge is 0.132 e. The zero-order valence-electron chi connectivity index (χ0n) is 11.0. The fourth-order valence-electron chi connectivity index (χ4n) is 2.14. The molecule has 1 fully saturated rings. The number of hydrogen-bond donors (Lipinski definition) is 4. The van der Waals surface area contributed by atoms with E-state index in [-0.39, 0.29) is 6.61 Å². The molecule has 1 unspecified atom stereocenters. The summed E-state index contributed by atoms with van der Waals surface area (Å²) in [6, 6.07) is 9.93. The average Bonchev–Trinajstić information content (AvgIpc) is 2.48. The van der Waals surface area contributed by atoms with E-state index in [1.807, 2.05) is 30.3 Å². The molecule has 6 heteroatoms. The van der Waals surface area contributed by atoms with E-state index in [0.717, 1.165) is 6.42 Å². The lowest BCUT2D eigenvalue weighted by Crippen LogP contribution is -2.57. The highest BCUT2D eigenvalue weighted by Crippen LogP contribution is 2.28. The fraction of sp³-hybridized carbons (Fsp3) is 0.571. The summed E-state index contributed by atoms with van der Waals surface area (Å²) < 4.78 is 5.42. The summed E-state index contributed by atoms with van der Waals surface area (Å²) in [5.41, 5.74) is 0.541. The summed E-state index contributed by atoms with van der Waals surface area (Å²) in [6.07, 6.45) is -3.76. The Hall–Kier alpha value is -0.630. The van der Waals surface area contributed by atoms with Gasteiger partial charge >= 0.3 is 0 Å². The molecule has 0 amide bonds. The summed E-state index contributed by atoms with van der Waals surface area (Å²) in [7, 11) is 0. The Kier molecular flexibility index (Phi) is 5.83. The maximum atomic E-state index is 9.88. The molecule has 1 saturated heterocycles. The van der Waals surface area contributed by atoms with Crippen LogP contribution in [0.1, 0.15) is 5.56 Å². The van der Waals surface area contributed by atoms with Gasteiger partial charge in [-0.05, 0) is 17.7 Å². The minimum absolute atomic E-state index is 0.388. The molecule has 0 spiro atoms. The van der Waals surface area contributed by atoms with Gasteiger partial charge in [-0.25, -0.2) is 0 Å². The third-order valence-electron chi connectivity index (χ3n) is 3.36. The Morgan fingerprint density at radius 3 is 2.35 bits per heavy atom. The van der Waals surface area contributed by atoms with Gasteiger partial charge in [-0.2, -0.15) is 0 Å². The van der Waals surface area contributed by atoms with Gasteiger partial charge in [-0.1, -0.05) is 30.3 Å². The lowest BCUT2D eigenvalue weighted by atomic mass is 10.0.